The van der Waals surface area contributed by atoms with Crippen molar-refractivity contribution in [3.63, 3.8) is 0 Å². The molecule has 9 heteroatoms. The Bertz CT molecular complexity index is 896. The van der Waals surface area contributed by atoms with Gasteiger partial charge in [-0.2, -0.15) is 0 Å². The summed E-state index contributed by atoms with van der Waals surface area (Å²) in [5, 5.41) is 4.73. The maximum Gasteiger partial charge on any atom is 0.273 e. The van der Waals surface area contributed by atoms with E-state index in [0.29, 0.717) is 30.9 Å². The van der Waals surface area contributed by atoms with Gasteiger partial charge in [0.15, 0.2) is 4.96 Å². The van der Waals surface area contributed by atoms with Crippen LogP contribution in [0.25, 0.3) is 4.96 Å². The lowest BCUT2D eigenvalue weighted by molar-refractivity contribution is -0.127. The van der Waals surface area contributed by atoms with Gasteiger partial charge in [0.2, 0.25) is 5.91 Å². The van der Waals surface area contributed by atoms with Gasteiger partial charge in [-0.15, -0.1) is 11.3 Å². The molecule has 0 aromatic carbocycles. The molecule has 24 heavy (non-hydrogen) atoms. The Morgan fingerprint density at radius 3 is 3.17 bits per heavy atom. The summed E-state index contributed by atoms with van der Waals surface area (Å²) >= 11 is 1.48. The number of imidazole rings is 2. The summed E-state index contributed by atoms with van der Waals surface area (Å²) in [4.78, 5) is 39.3. The number of aromatic nitrogens is 4. The zero-order valence-corrected chi connectivity index (χ0v) is 13.8. The van der Waals surface area contributed by atoms with Crippen molar-refractivity contribution in [2.45, 2.75) is 19.4 Å². The van der Waals surface area contributed by atoms with Crippen LogP contribution < -0.4 is 5.32 Å². The van der Waals surface area contributed by atoms with E-state index in [0.717, 1.165) is 10.7 Å². The number of nitrogens with zero attached hydrogens (tertiary/aromatic N) is 4. The second-order valence-electron chi connectivity index (χ2n) is 5.69. The molecule has 0 aliphatic carbocycles. The van der Waals surface area contributed by atoms with E-state index < -0.39 is 6.04 Å². The molecule has 1 fully saturated rings. The average molecular weight is 344 g/mol. The fourth-order valence-corrected chi connectivity index (χ4v) is 3.81. The van der Waals surface area contributed by atoms with Crippen LogP contribution in [-0.4, -0.2) is 55.2 Å². The fraction of sp³-hybridized carbons (Fsp3) is 0.333. The Labute approximate surface area is 141 Å². The van der Waals surface area contributed by atoms with Crippen LogP contribution in [0, 0.1) is 6.92 Å². The van der Waals surface area contributed by atoms with Gasteiger partial charge in [-0.3, -0.25) is 14.0 Å². The van der Waals surface area contributed by atoms with Crippen LogP contribution >= 0.6 is 11.3 Å². The fourth-order valence-electron chi connectivity index (χ4n) is 3.05. The van der Waals surface area contributed by atoms with Crippen LogP contribution in [0.1, 0.15) is 21.9 Å². The molecule has 1 saturated heterocycles. The lowest BCUT2D eigenvalue weighted by Gasteiger charge is -2.34. The Balaban J connectivity index is 1.69. The van der Waals surface area contributed by atoms with Crippen LogP contribution in [0.4, 0.5) is 0 Å². The number of carbonyl (C=O) groups excluding carboxylic acids is 2. The number of rotatable bonds is 3. The van der Waals surface area contributed by atoms with E-state index in [2.05, 4.69) is 20.3 Å². The minimum Gasteiger partial charge on any atom is -0.353 e. The Hall–Kier alpha value is -2.68. The standard InChI is InChI=1S/C15H16N6O2S/c1-9-12(21-4-5-24-15(21)19-9)14(23)20-3-2-17-13(22)11(20)6-10-7-16-8-18-10/h4-5,7-8,11H,2-3,6H2,1H3,(H,16,18)(H,17,22). The number of hydrogen-bond donors (Lipinski definition) is 2. The first-order valence-corrected chi connectivity index (χ1v) is 8.51. The first-order valence-electron chi connectivity index (χ1n) is 7.63. The predicted octanol–water partition coefficient (Wildman–Crippen LogP) is 0.611. The minimum absolute atomic E-state index is 0.145. The smallest absolute Gasteiger partial charge is 0.273 e. The van der Waals surface area contributed by atoms with Gasteiger partial charge in [0, 0.05) is 43.0 Å². The summed E-state index contributed by atoms with van der Waals surface area (Å²) < 4.78 is 1.79. The van der Waals surface area contributed by atoms with E-state index in [1.54, 1.807) is 21.8 Å². The summed E-state index contributed by atoms with van der Waals surface area (Å²) in [7, 11) is 0. The average Bonchev–Trinajstić information content (AvgIpc) is 3.26. The van der Waals surface area contributed by atoms with Crippen molar-refractivity contribution in [3.8, 4) is 0 Å². The largest absolute Gasteiger partial charge is 0.353 e. The van der Waals surface area contributed by atoms with Crippen LogP contribution in [0.3, 0.4) is 0 Å². The number of amides is 2. The second-order valence-corrected chi connectivity index (χ2v) is 6.56. The zero-order chi connectivity index (χ0) is 16.7. The van der Waals surface area contributed by atoms with Gasteiger partial charge >= 0.3 is 0 Å². The molecule has 1 aliphatic rings. The van der Waals surface area contributed by atoms with E-state index >= 15 is 0 Å². The molecule has 3 aromatic heterocycles. The normalized spacial score (nSPS) is 18.1. The van der Waals surface area contributed by atoms with Crippen molar-refractivity contribution in [2.75, 3.05) is 13.1 Å². The monoisotopic (exact) mass is 344 g/mol. The molecule has 8 nitrogen and oxygen atoms in total. The van der Waals surface area contributed by atoms with Crippen molar-refractivity contribution in [1.29, 1.82) is 0 Å². The number of thiazole rings is 1. The first kappa shape index (κ1) is 14.9. The van der Waals surface area contributed by atoms with Gasteiger partial charge in [-0.25, -0.2) is 9.97 Å². The highest BCUT2D eigenvalue weighted by atomic mass is 32.1. The number of aryl methyl sites for hydroxylation is 1. The lowest BCUT2D eigenvalue weighted by Crippen LogP contribution is -2.58. The molecule has 4 heterocycles. The van der Waals surface area contributed by atoms with Crippen LogP contribution in [0.2, 0.25) is 0 Å². The van der Waals surface area contributed by atoms with E-state index in [9.17, 15) is 9.59 Å². The number of piperazine rings is 1. The molecule has 0 radical (unpaired) electrons. The number of H-pyrrole nitrogens is 1. The highest BCUT2D eigenvalue weighted by molar-refractivity contribution is 7.15. The number of nitrogens with one attached hydrogen (secondary N) is 2. The van der Waals surface area contributed by atoms with E-state index in [1.807, 2.05) is 18.5 Å². The molecule has 0 saturated carbocycles. The van der Waals surface area contributed by atoms with Gasteiger partial charge in [-0.1, -0.05) is 0 Å². The topological polar surface area (TPSA) is 95.4 Å². The van der Waals surface area contributed by atoms with E-state index in [-0.39, 0.29) is 11.8 Å². The Kier molecular flexibility index (Phi) is 3.57. The highest BCUT2D eigenvalue weighted by Crippen LogP contribution is 2.21. The Morgan fingerprint density at radius 1 is 1.50 bits per heavy atom. The number of hydrogen-bond acceptors (Lipinski definition) is 5. The van der Waals surface area contributed by atoms with Crippen LogP contribution in [0.15, 0.2) is 24.1 Å². The molecular formula is C15H16N6O2S. The summed E-state index contributed by atoms with van der Waals surface area (Å²) in [6, 6.07) is -0.560. The van der Waals surface area contributed by atoms with Crippen molar-refractivity contribution < 1.29 is 9.59 Å². The third kappa shape index (κ3) is 2.37. The first-order chi connectivity index (χ1) is 11.6. The number of fused-ring (bicyclic) bond motifs is 1. The molecule has 124 valence electrons. The lowest BCUT2D eigenvalue weighted by atomic mass is 10.1. The van der Waals surface area contributed by atoms with Crippen molar-refractivity contribution in [2.24, 2.45) is 0 Å². The van der Waals surface area contributed by atoms with Crippen molar-refractivity contribution >= 4 is 28.1 Å². The quantitative estimate of drug-likeness (QED) is 0.728. The molecule has 1 aliphatic heterocycles. The van der Waals surface area contributed by atoms with Crippen LogP contribution in [-0.2, 0) is 11.2 Å². The highest BCUT2D eigenvalue weighted by Gasteiger charge is 2.35. The maximum atomic E-state index is 13.1. The molecular weight excluding hydrogens is 328 g/mol. The maximum absolute atomic E-state index is 13.1. The molecule has 3 aromatic rings. The van der Waals surface area contributed by atoms with Gasteiger partial charge in [-0.05, 0) is 6.92 Å². The SMILES string of the molecule is Cc1nc2sccn2c1C(=O)N1CCNC(=O)C1Cc1cnc[nH]1. The Morgan fingerprint density at radius 2 is 2.38 bits per heavy atom. The molecule has 0 spiro atoms. The molecule has 1 atom stereocenters. The molecule has 0 bridgehead atoms. The number of carbonyl (C=O) groups is 2. The number of aromatic amines is 1. The van der Waals surface area contributed by atoms with E-state index in [1.165, 1.54) is 11.3 Å². The molecule has 4 rings (SSSR count). The second kappa shape index (κ2) is 5.75. The van der Waals surface area contributed by atoms with Crippen molar-refractivity contribution in [3.05, 3.63) is 41.2 Å². The van der Waals surface area contributed by atoms with Gasteiger partial charge < -0.3 is 15.2 Å². The summed E-state index contributed by atoms with van der Waals surface area (Å²) in [6.07, 6.45) is 5.48. The third-order valence-electron chi connectivity index (χ3n) is 4.20. The van der Waals surface area contributed by atoms with Crippen molar-refractivity contribution in [1.82, 2.24) is 29.6 Å². The predicted molar refractivity (Wildman–Crippen MR) is 87.9 cm³/mol. The summed E-state index contributed by atoms with van der Waals surface area (Å²) in [6.45, 7) is 2.75. The molecule has 2 amide bonds. The summed E-state index contributed by atoms with van der Waals surface area (Å²) in [5.41, 5.74) is 2.02. The zero-order valence-electron chi connectivity index (χ0n) is 13.0. The summed E-state index contributed by atoms with van der Waals surface area (Å²) in [5.74, 6) is -0.314. The molecule has 2 N–H and O–H groups in total. The molecule has 1 unspecified atom stereocenters. The van der Waals surface area contributed by atoms with Gasteiger partial charge in [0.1, 0.15) is 11.7 Å². The van der Waals surface area contributed by atoms with Gasteiger partial charge in [0.25, 0.3) is 5.91 Å². The van der Waals surface area contributed by atoms with E-state index in [4.69, 9.17) is 0 Å². The third-order valence-corrected chi connectivity index (χ3v) is 4.96. The minimum atomic E-state index is -0.560. The van der Waals surface area contributed by atoms with Gasteiger partial charge in [0.05, 0.1) is 12.0 Å². The van der Waals surface area contributed by atoms with Crippen LogP contribution in [0.5, 0.6) is 0 Å².